The molecule has 1 fully saturated rings. The molecule has 2 rings (SSSR count). The number of rotatable bonds is 7. The third-order valence-electron chi connectivity index (χ3n) is 3.71. The average Bonchev–Trinajstić information content (AvgIpc) is 3.19. The first kappa shape index (κ1) is 16.9. The van der Waals surface area contributed by atoms with Gasteiger partial charge in [-0.3, -0.25) is 9.59 Å². The van der Waals surface area contributed by atoms with Crippen LogP contribution in [0.25, 0.3) is 0 Å². The van der Waals surface area contributed by atoms with Gasteiger partial charge in [-0.15, -0.1) is 0 Å². The number of H-pyrrole nitrogens is 1. The molecule has 1 aliphatic heterocycles. The summed E-state index contributed by atoms with van der Waals surface area (Å²) < 4.78 is 0. The van der Waals surface area contributed by atoms with Crippen molar-refractivity contribution >= 4 is 17.8 Å². The largest absolute Gasteiger partial charge is 0.480 e. The van der Waals surface area contributed by atoms with Crippen molar-refractivity contribution < 1.29 is 19.5 Å². The molecule has 0 saturated carbocycles. The summed E-state index contributed by atoms with van der Waals surface area (Å²) in [5.74, 6) is -1.94. The second-order valence-electron chi connectivity index (χ2n) is 5.54. The Bertz CT molecular complexity index is 554. The lowest BCUT2D eigenvalue weighted by Gasteiger charge is -2.19. The summed E-state index contributed by atoms with van der Waals surface area (Å²) in [7, 11) is 0. The van der Waals surface area contributed by atoms with E-state index in [9.17, 15) is 19.5 Å². The first-order chi connectivity index (χ1) is 11.0. The zero-order valence-electron chi connectivity index (χ0n) is 12.8. The number of nitrogens with one attached hydrogen (secondary N) is 4. The molecule has 0 spiro atoms. The number of aliphatic carboxylic acids is 1. The molecule has 0 bridgehead atoms. The summed E-state index contributed by atoms with van der Waals surface area (Å²) in [6, 6.07) is -2.20. The lowest BCUT2D eigenvalue weighted by atomic mass is 10.1. The minimum Gasteiger partial charge on any atom is -0.480 e. The minimum atomic E-state index is -1.16. The molecule has 9 heteroatoms. The topological polar surface area (TPSA) is 136 Å². The molecule has 0 aliphatic carbocycles. The van der Waals surface area contributed by atoms with Gasteiger partial charge in [-0.2, -0.15) is 0 Å². The number of carboxylic acid groups (broad SMARTS) is 1. The van der Waals surface area contributed by atoms with Crippen LogP contribution in [-0.2, 0) is 20.8 Å². The molecule has 23 heavy (non-hydrogen) atoms. The third-order valence-corrected chi connectivity index (χ3v) is 3.71. The molecule has 5 N–H and O–H groups in total. The third kappa shape index (κ3) is 4.78. The fourth-order valence-corrected chi connectivity index (χ4v) is 2.40. The highest BCUT2D eigenvalue weighted by atomic mass is 16.4. The second kappa shape index (κ2) is 7.73. The van der Waals surface area contributed by atoms with Gasteiger partial charge in [0, 0.05) is 12.6 Å². The number of carboxylic acids is 1. The van der Waals surface area contributed by atoms with Gasteiger partial charge >= 0.3 is 5.97 Å². The van der Waals surface area contributed by atoms with Crippen LogP contribution in [0, 0.1) is 0 Å². The van der Waals surface area contributed by atoms with Crippen molar-refractivity contribution in [2.45, 2.75) is 44.3 Å². The van der Waals surface area contributed by atoms with Crippen LogP contribution in [0.3, 0.4) is 0 Å². The standard InChI is InChI=1S/C14H21N5O4/c1-8(18-13(21)10-3-2-4-16-10)12(20)19-11(14(22)23)5-9-6-15-7-17-9/h6-8,10-11,16H,2-5H2,1H3,(H,15,17)(H,18,21)(H,19,20)(H,22,23)/t8-,10-,11-/m0/s1. The van der Waals surface area contributed by atoms with Crippen LogP contribution >= 0.6 is 0 Å². The van der Waals surface area contributed by atoms with Gasteiger partial charge in [-0.25, -0.2) is 9.78 Å². The Morgan fingerprint density at radius 1 is 1.43 bits per heavy atom. The van der Waals surface area contributed by atoms with Crippen molar-refractivity contribution in [3.8, 4) is 0 Å². The molecule has 1 aromatic rings. The van der Waals surface area contributed by atoms with Crippen molar-refractivity contribution in [2.24, 2.45) is 0 Å². The number of imidazole rings is 1. The van der Waals surface area contributed by atoms with E-state index in [1.165, 1.54) is 13.3 Å². The summed E-state index contributed by atoms with van der Waals surface area (Å²) in [6.07, 6.45) is 4.72. The molecular formula is C14H21N5O4. The Kier molecular flexibility index (Phi) is 5.69. The van der Waals surface area contributed by atoms with E-state index in [0.717, 1.165) is 19.4 Å². The van der Waals surface area contributed by atoms with E-state index < -0.39 is 24.0 Å². The first-order valence-electron chi connectivity index (χ1n) is 7.52. The lowest BCUT2D eigenvalue weighted by molar-refractivity contribution is -0.142. The monoisotopic (exact) mass is 323 g/mol. The second-order valence-corrected chi connectivity index (χ2v) is 5.54. The molecule has 1 aliphatic rings. The summed E-state index contributed by atoms with van der Waals surface area (Å²) in [4.78, 5) is 42.0. The van der Waals surface area contributed by atoms with E-state index in [4.69, 9.17) is 0 Å². The molecule has 0 aromatic carbocycles. The highest BCUT2D eigenvalue weighted by molar-refractivity contribution is 5.91. The number of hydrogen-bond donors (Lipinski definition) is 5. The quantitative estimate of drug-likeness (QED) is 0.426. The zero-order valence-corrected chi connectivity index (χ0v) is 12.8. The van der Waals surface area contributed by atoms with Crippen molar-refractivity contribution in [2.75, 3.05) is 6.54 Å². The minimum absolute atomic E-state index is 0.0649. The van der Waals surface area contributed by atoms with E-state index in [-0.39, 0.29) is 18.4 Å². The Morgan fingerprint density at radius 3 is 2.78 bits per heavy atom. The van der Waals surface area contributed by atoms with Gasteiger partial charge in [0.1, 0.15) is 12.1 Å². The molecule has 2 heterocycles. The molecule has 126 valence electrons. The molecule has 9 nitrogen and oxygen atoms in total. The molecule has 2 amide bonds. The number of aromatic nitrogens is 2. The maximum Gasteiger partial charge on any atom is 0.326 e. The van der Waals surface area contributed by atoms with E-state index in [1.54, 1.807) is 6.20 Å². The van der Waals surface area contributed by atoms with Gasteiger partial charge in [0.2, 0.25) is 11.8 Å². The van der Waals surface area contributed by atoms with Gasteiger partial charge < -0.3 is 26.0 Å². The first-order valence-corrected chi connectivity index (χ1v) is 7.52. The number of amides is 2. The molecule has 0 unspecified atom stereocenters. The van der Waals surface area contributed by atoms with Crippen molar-refractivity contribution in [1.82, 2.24) is 25.9 Å². The van der Waals surface area contributed by atoms with Crippen LogP contribution in [0.15, 0.2) is 12.5 Å². The predicted molar refractivity (Wildman–Crippen MR) is 80.5 cm³/mol. The Hall–Kier alpha value is -2.42. The van der Waals surface area contributed by atoms with E-state index in [2.05, 4.69) is 25.9 Å². The van der Waals surface area contributed by atoms with Crippen molar-refractivity contribution in [1.29, 1.82) is 0 Å². The van der Waals surface area contributed by atoms with Crippen molar-refractivity contribution in [3.05, 3.63) is 18.2 Å². The summed E-state index contributed by atoms with van der Waals surface area (Å²) in [5.41, 5.74) is 0.532. The van der Waals surface area contributed by atoms with Crippen LogP contribution in [0.5, 0.6) is 0 Å². The maximum absolute atomic E-state index is 12.1. The highest BCUT2D eigenvalue weighted by Gasteiger charge is 2.27. The molecule has 1 aromatic heterocycles. The van der Waals surface area contributed by atoms with Gasteiger partial charge in [-0.1, -0.05) is 0 Å². The highest BCUT2D eigenvalue weighted by Crippen LogP contribution is 2.05. The molecular weight excluding hydrogens is 302 g/mol. The van der Waals surface area contributed by atoms with Crippen LogP contribution in [-0.4, -0.2) is 57.5 Å². The SMILES string of the molecule is C[C@H](NC(=O)[C@@H]1CCCN1)C(=O)N[C@@H](Cc1c[nH]cn1)C(=O)O. The Morgan fingerprint density at radius 2 is 2.22 bits per heavy atom. The summed E-state index contributed by atoms with van der Waals surface area (Å²) >= 11 is 0. The fraction of sp³-hybridized carbons (Fsp3) is 0.571. The maximum atomic E-state index is 12.1. The summed E-state index contributed by atoms with van der Waals surface area (Å²) in [6.45, 7) is 2.30. The lowest BCUT2D eigenvalue weighted by Crippen LogP contribution is -2.53. The van der Waals surface area contributed by atoms with Crippen LogP contribution in [0.1, 0.15) is 25.5 Å². The van der Waals surface area contributed by atoms with Gasteiger partial charge in [0.25, 0.3) is 0 Å². The number of carbonyl (C=O) groups is 3. The van der Waals surface area contributed by atoms with E-state index in [0.29, 0.717) is 5.69 Å². The Balaban J connectivity index is 1.87. The molecule has 1 saturated heterocycles. The Labute approximate surface area is 133 Å². The number of aromatic amines is 1. The van der Waals surface area contributed by atoms with Crippen molar-refractivity contribution in [3.63, 3.8) is 0 Å². The normalized spacial score (nSPS) is 19.8. The number of nitrogens with zero attached hydrogens (tertiary/aromatic N) is 1. The average molecular weight is 323 g/mol. The number of carbonyl (C=O) groups excluding carboxylic acids is 2. The van der Waals surface area contributed by atoms with Crippen LogP contribution < -0.4 is 16.0 Å². The molecule has 0 radical (unpaired) electrons. The predicted octanol–water partition coefficient (Wildman–Crippen LogP) is -1.22. The van der Waals surface area contributed by atoms with Crippen LogP contribution in [0.4, 0.5) is 0 Å². The molecule has 3 atom stereocenters. The smallest absolute Gasteiger partial charge is 0.326 e. The number of hydrogen-bond acceptors (Lipinski definition) is 5. The van der Waals surface area contributed by atoms with E-state index in [1.807, 2.05) is 0 Å². The van der Waals surface area contributed by atoms with Gasteiger partial charge in [-0.05, 0) is 26.3 Å². The fourth-order valence-electron chi connectivity index (χ4n) is 2.40. The van der Waals surface area contributed by atoms with E-state index >= 15 is 0 Å². The van der Waals surface area contributed by atoms with Gasteiger partial charge in [0.15, 0.2) is 0 Å². The van der Waals surface area contributed by atoms with Crippen LogP contribution in [0.2, 0.25) is 0 Å². The van der Waals surface area contributed by atoms with Gasteiger partial charge in [0.05, 0.1) is 18.1 Å². The summed E-state index contributed by atoms with van der Waals surface area (Å²) in [5, 5.41) is 17.3. The zero-order chi connectivity index (χ0) is 16.8.